The van der Waals surface area contributed by atoms with Gasteiger partial charge in [-0.15, -0.1) is 0 Å². The van der Waals surface area contributed by atoms with Gasteiger partial charge in [-0.3, -0.25) is 5.43 Å². The number of nitrogens with zero attached hydrogens (tertiary/aromatic N) is 1. The zero-order valence-corrected chi connectivity index (χ0v) is 29.0. The van der Waals surface area contributed by atoms with E-state index in [2.05, 4.69) is 55.3 Å². The second-order valence-electron chi connectivity index (χ2n) is 10.9. The summed E-state index contributed by atoms with van der Waals surface area (Å²) in [6, 6.07) is 21.6. The molecular weight excluding hydrogens is 696 g/mol. The predicted octanol–water partition coefficient (Wildman–Crippen LogP) is 5.71. The van der Waals surface area contributed by atoms with Gasteiger partial charge in [0.2, 0.25) is 0 Å². The molecule has 0 radical (unpaired) electrons. The van der Waals surface area contributed by atoms with Crippen molar-refractivity contribution in [1.82, 2.24) is 16.1 Å². The molecule has 12 nitrogen and oxygen atoms in total. The summed E-state index contributed by atoms with van der Waals surface area (Å²) in [5.74, 6) is 1.22. The van der Waals surface area contributed by atoms with Crippen molar-refractivity contribution in [2.75, 3.05) is 27.4 Å². The summed E-state index contributed by atoms with van der Waals surface area (Å²) < 4.78 is 29.0. The molecule has 2 amide bonds. The van der Waals surface area contributed by atoms with E-state index in [-0.39, 0.29) is 12.2 Å². The molecule has 1 heterocycles. The summed E-state index contributed by atoms with van der Waals surface area (Å²) in [7, 11) is 2.84. The van der Waals surface area contributed by atoms with E-state index in [9.17, 15) is 14.7 Å². The highest BCUT2D eigenvalue weighted by Gasteiger charge is 2.32. The Kier molecular flexibility index (Phi) is 11.6. The van der Waals surface area contributed by atoms with Crippen molar-refractivity contribution < 1.29 is 38.4 Å². The van der Waals surface area contributed by atoms with E-state index in [4.69, 9.17) is 23.7 Å². The lowest BCUT2D eigenvalue weighted by Crippen LogP contribution is -2.45. The van der Waals surface area contributed by atoms with Crippen LogP contribution in [0.2, 0.25) is 0 Å². The van der Waals surface area contributed by atoms with Crippen molar-refractivity contribution in [3.8, 4) is 23.0 Å². The van der Waals surface area contributed by atoms with Gasteiger partial charge in [-0.05, 0) is 75.9 Å². The second-order valence-corrected chi connectivity index (χ2v) is 11.7. The van der Waals surface area contributed by atoms with E-state index < -0.39 is 24.3 Å². The maximum Gasteiger partial charge on any atom is 0.337 e. The molecule has 0 aromatic heterocycles. The SMILES string of the molecule is CCOc1cc([C@H]2NC(=O)NC(C)=C2C(=O)OC)ccc1OC[C@@H](O)N/N=C\c1cc(OC)c(OCc2cccc3ccccc23)cc1Br. The lowest BCUT2D eigenvalue weighted by molar-refractivity contribution is -0.136. The Morgan fingerprint density at radius 1 is 1.00 bits per heavy atom. The Balaban J connectivity index is 1.21. The summed E-state index contributed by atoms with van der Waals surface area (Å²) in [4.78, 5) is 24.7. The molecule has 0 unspecified atom stereocenters. The van der Waals surface area contributed by atoms with Gasteiger partial charge in [0.1, 0.15) is 13.2 Å². The van der Waals surface area contributed by atoms with E-state index in [1.807, 2.05) is 37.3 Å². The Morgan fingerprint density at radius 2 is 1.78 bits per heavy atom. The van der Waals surface area contributed by atoms with Crippen molar-refractivity contribution in [1.29, 1.82) is 0 Å². The zero-order valence-electron chi connectivity index (χ0n) is 27.4. The number of aliphatic hydroxyl groups excluding tert-OH is 1. The highest BCUT2D eigenvalue weighted by Crippen LogP contribution is 2.36. The summed E-state index contributed by atoms with van der Waals surface area (Å²) in [6.45, 7) is 3.96. The normalized spacial score (nSPS) is 15.0. The highest BCUT2D eigenvalue weighted by molar-refractivity contribution is 9.10. The average Bonchev–Trinajstić information content (AvgIpc) is 3.10. The van der Waals surface area contributed by atoms with E-state index >= 15 is 0 Å². The van der Waals surface area contributed by atoms with E-state index in [0.717, 1.165) is 16.3 Å². The second kappa shape index (κ2) is 16.2. The molecule has 49 heavy (non-hydrogen) atoms. The molecule has 1 aliphatic rings. The minimum absolute atomic E-state index is 0.168. The monoisotopic (exact) mass is 732 g/mol. The number of ether oxygens (including phenoxy) is 5. The molecule has 0 aliphatic carbocycles. The number of nitrogens with one attached hydrogen (secondary N) is 3. The number of fused-ring (bicyclic) bond motifs is 1. The molecule has 0 fully saturated rings. The number of esters is 1. The smallest absolute Gasteiger partial charge is 0.337 e. The topological polar surface area (TPSA) is 149 Å². The fourth-order valence-corrected chi connectivity index (χ4v) is 5.74. The Hall–Kier alpha value is -5.27. The minimum Gasteiger partial charge on any atom is -0.493 e. The van der Waals surface area contributed by atoms with E-state index in [1.54, 1.807) is 38.3 Å². The van der Waals surface area contributed by atoms with Crippen LogP contribution < -0.4 is 35.0 Å². The fraction of sp³-hybridized carbons (Fsp3) is 0.250. The molecule has 13 heteroatoms. The number of halogens is 1. The van der Waals surface area contributed by atoms with Gasteiger partial charge in [-0.1, -0.05) is 48.5 Å². The number of hydrogen-bond acceptors (Lipinski definition) is 10. The van der Waals surface area contributed by atoms with Crippen molar-refractivity contribution in [3.63, 3.8) is 0 Å². The molecule has 256 valence electrons. The molecule has 1 aliphatic heterocycles. The van der Waals surface area contributed by atoms with Crippen LogP contribution in [0.15, 0.2) is 93.6 Å². The van der Waals surface area contributed by atoms with Gasteiger partial charge in [0, 0.05) is 15.7 Å². The predicted molar refractivity (Wildman–Crippen MR) is 188 cm³/mol. The fourth-order valence-electron chi connectivity index (χ4n) is 5.31. The molecule has 0 spiro atoms. The van der Waals surface area contributed by atoms with Crippen LogP contribution in [0.4, 0.5) is 4.79 Å². The van der Waals surface area contributed by atoms with Gasteiger partial charge < -0.3 is 39.4 Å². The maximum absolute atomic E-state index is 12.5. The Labute approximate surface area is 292 Å². The molecule has 0 saturated carbocycles. The van der Waals surface area contributed by atoms with Crippen LogP contribution in [0.3, 0.4) is 0 Å². The van der Waals surface area contributed by atoms with Crippen molar-refractivity contribution in [2.45, 2.75) is 32.7 Å². The first-order valence-electron chi connectivity index (χ1n) is 15.4. The summed E-state index contributed by atoms with van der Waals surface area (Å²) in [6.07, 6.45) is 0.362. The first-order chi connectivity index (χ1) is 23.7. The molecule has 0 saturated heterocycles. The first-order valence-corrected chi connectivity index (χ1v) is 16.2. The third kappa shape index (κ3) is 8.42. The van der Waals surface area contributed by atoms with Gasteiger partial charge in [-0.2, -0.15) is 5.10 Å². The Bertz CT molecular complexity index is 1890. The lowest BCUT2D eigenvalue weighted by atomic mass is 9.95. The number of hydrogen-bond donors (Lipinski definition) is 4. The summed E-state index contributed by atoms with van der Waals surface area (Å²) in [5, 5.41) is 22.3. The van der Waals surface area contributed by atoms with Crippen LogP contribution in [0.1, 0.15) is 36.6 Å². The standard InChI is InChI=1S/C36H37BrN4O8/c1-5-47-30-15-23(34-33(35(43)46-4)21(2)39-36(44)40-34)13-14-28(30)49-20-32(42)41-38-18-25-16-29(45-3)31(17-27(25)37)48-19-24-11-8-10-22-9-6-7-12-26(22)24/h6-18,32,34,41-42H,5,19-20H2,1-4H3,(H2,39,40,44)/b38-18-/t32-,34-/m1/s1. The van der Waals surface area contributed by atoms with Crippen molar-refractivity contribution in [3.05, 3.63) is 105 Å². The lowest BCUT2D eigenvalue weighted by Gasteiger charge is -2.28. The number of benzene rings is 4. The van der Waals surface area contributed by atoms with Crippen LogP contribution in [-0.4, -0.2) is 57.0 Å². The largest absolute Gasteiger partial charge is 0.493 e. The van der Waals surface area contributed by atoms with Crippen LogP contribution >= 0.6 is 15.9 Å². The molecule has 5 rings (SSSR count). The number of rotatable bonds is 14. The summed E-state index contributed by atoms with van der Waals surface area (Å²) >= 11 is 3.57. The zero-order chi connectivity index (χ0) is 34.9. The molecule has 4 aromatic rings. The van der Waals surface area contributed by atoms with Crippen LogP contribution in [0.25, 0.3) is 10.8 Å². The van der Waals surface area contributed by atoms with Gasteiger partial charge in [0.25, 0.3) is 0 Å². The van der Waals surface area contributed by atoms with Crippen LogP contribution in [0, 0.1) is 0 Å². The van der Waals surface area contributed by atoms with E-state index in [1.165, 1.54) is 13.3 Å². The molecular formula is C36H37BrN4O8. The van der Waals surface area contributed by atoms with E-state index in [0.29, 0.717) is 57.5 Å². The van der Waals surface area contributed by atoms with Crippen LogP contribution in [0.5, 0.6) is 23.0 Å². The number of methoxy groups -OCH3 is 2. The molecule has 4 N–H and O–H groups in total. The van der Waals surface area contributed by atoms with Gasteiger partial charge in [0.15, 0.2) is 29.2 Å². The average molecular weight is 734 g/mol. The molecule has 0 bridgehead atoms. The number of amides is 2. The third-order valence-electron chi connectivity index (χ3n) is 7.65. The minimum atomic E-state index is -1.17. The molecule has 2 atom stereocenters. The van der Waals surface area contributed by atoms with Crippen molar-refractivity contribution >= 4 is 44.9 Å². The number of carbonyl (C=O) groups excluding carboxylic acids is 2. The third-order valence-corrected chi connectivity index (χ3v) is 8.33. The van der Waals surface area contributed by atoms with Crippen LogP contribution in [-0.2, 0) is 16.1 Å². The Morgan fingerprint density at radius 3 is 2.55 bits per heavy atom. The number of hydrazone groups is 1. The number of allylic oxidation sites excluding steroid dienone is 1. The quantitative estimate of drug-likeness (QED) is 0.0554. The number of urea groups is 1. The van der Waals surface area contributed by atoms with Gasteiger partial charge in [-0.25, -0.2) is 9.59 Å². The highest BCUT2D eigenvalue weighted by atomic mass is 79.9. The maximum atomic E-state index is 12.5. The van der Waals surface area contributed by atoms with Crippen molar-refractivity contribution in [2.24, 2.45) is 5.10 Å². The number of aliphatic hydroxyl groups is 1. The first kappa shape index (κ1) is 35.0. The summed E-state index contributed by atoms with van der Waals surface area (Å²) in [5.41, 5.74) is 5.63. The molecule has 4 aromatic carbocycles. The van der Waals surface area contributed by atoms with Gasteiger partial charge >= 0.3 is 12.0 Å². The van der Waals surface area contributed by atoms with Gasteiger partial charge in [0.05, 0.1) is 38.7 Å². The number of carbonyl (C=O) groups is 2.